The second kappa shape index (κ2) is 10.1. The normalized spacial score (nSPS) is 14.9. The summed E-state index contributed by atoms with van der Waals surface area (Å²) in [6.07, 6.45) is 3.62. The van der Waals surface area contributed by atoms with Gasteiger partial charge in [-0.05, 0) is 49.2 Å². The molecule has 1 aliphatic heterocycles. The smallest absolute Gasteiger partial charge is 0.261 e. The molecule has 174 valence electrons. The minimum atomic E-state index is 0.0670. The molecule has 0 unspecified atom stereocenters. The highest BCUT2D eigenvalue weighted by Gasteiger charge is 2.22. The van der Waals surface area contributed by atoms with E-state index < -0.39 is 0 Å². The maximum atomic E-state index is 13.0. The molecule has 34 heavy (non-hydrogen) atoms. The molecule has 1 aliphatic rings. The summed E-state index contributed by atoms with van der Waals surface area (Å²) in [5, 5.41) is 0.698. The topological polar surface area (TPSA) is 50.6 Å². The summed E-state index contributed by atoms with van der Waals surface area (Å²) >= 11 is 0. The fraction of sp³-hybridized carbons (Fsp3) is 0.286. The van der Waals surface area contributed by atoms with Gasteiger partial charge in [0.25, 0.3) is 5.56 Å². The molecule has 6 heteroatoms. The van der Waals surface area contributed by atoms with E-state index in [4.69, 9.17) is 4.74 Å². The van der Waals surface area contributed by atoms with Crippen LogP contribution in [0.5, 0.6) is 5.75 Å². The molecule has 2 heterocycles. The maximum absolute atomic E-state index is 13.0. The standard InChI is InChI=1S/C28H30N4O2/c1-34-25-11-7-10-24(20-25)31(22-8-3-2-4-9-22)19-18-30-16-14-23(15-17-30)32-21-29-27-13-6-5-12-26(27)28(32)33/h2-13,20-21,23H,14-19H2,1H3. The van der Waals surface area contributed by atoms with Gasteiger partial charge < -0.3 is 14.5 Å². The Morgan fingerprint density at radius 2 is 1.68 bits per heavy atom. The van der Waals surface area contributed by atoms with E-state index in [0.717, 1.165) is 56.0 Å². The third-order valence-electron chi connectivity index (χ3n) is 6.71. The molecule has 0 amide bonds. The SMILES string of the molecule is COc1cccc(N(CCN2CCC(n3cnc4ccccc4c3=O)CC2)c2ccccc2)c1. The first-order chi connectivity index (χ1) is 16.7. The molecular formula is C28H30N4O2. The zero-order chi connectivity index (χ0) is 23.3. The summed E-state index contributed by atoms with van der Waals surface area (Å²) in [4.78, 5) is 22.3. The van der Waals surface area contributed by atoms with Crippen LogP contribution in [0.3, 0.4) is 0 Å². The number of anilines is 2. The Kier molecular flexibility index (Phi) is 6.58. The van der Waals surface area contributed by atoms with Crippen molar-refractivity contribution in [3.63, 3.8) is 0 Å². The lowest BCUT2D eigenvalue weighted by Gasteiger charge is -2.34. The largest absolute Gasteiger partial charge is 0.497 e. The minimum Gasteiger partial charge on any atom is -0.497 e. The van der Waals surface area contributed by atoms with Crippen molar-refractivity contribution < 1.29 is 4.74 Å². The van der Waals surface area contributed by atoms with E-state index in [0.29, 0.717) is 5.39 Å². The first-order valence-electron chi connectivity index (χ1n) is 11.9. The molecule has 3 aromatic carbocycles. The van der Waals surface area contributed by atoms with Gasteiger partial charge in [-0.15, -0.1) is 0 Å². The lowest BCUT2D eigenvalue weighted by molar-refractivity contribution is 0.188. The number of likely N-dealkylation sites (tertiary alicyclic amines) is 1. The number of benzene rings is 3. The number of hydrogen-bond acceptors (Lipinski definition) is 5. The van der Waals surface area contributed by atoms with Gasteiger partial charge in [-0.25, -0.2) is 4.98 Å². The second-order valence-corrected chi connectivity index (χ2v) is 8.74. The number of rotatable bonds is 7. The zero-order valence-electron chi connectivity index (χ0n) is 19.5. The van der Waals surface area contributed by atoms with Crippen LogP contribution in [0, 0.1) is 0 Å². The van der Waals surface area contributed by atoms with Crippen LogP contribution < -0.4 is 15.2 Å². The number of ether oxygens (including phenoxy) is 1. The fourth-order valence-electron chi connectivity index (χ4n) is 4.80. The molecule has 0 N–H and O–H groups in total. The number of aromatic nitrogens is 2. The third-order valence-corrected chi connectivity index (χ3v) is 6.71. The monoisotopic (exact) mass is 454 g/mol. The average molecular weight is 455 g/mol. The number of fused-ring (bicyclic) bond motifs is 1. The van der Waals surface area contributed by atoms with Crippen molar-refractivity contribution in [1.29, 1.82) is 0 Å². The van der Waals surface area contributed by atoms with Crippen LogP contribution in [0.15, 0.2) is 90.0 Å². The summed E-state index contributed by atoms with van der Waals surface area (Å²) in [6.45, 7) is 3.75. The Morgan fingerprint density at radius 1 is 0.941 bits per heavy atom. The molecule has 0 bridgehead atoms. The van der Waals surface area contributed by atoms with Gasteiger partial charge in [0.05, 0.1) is 24.3 Å². The Balaban J connectivity index is 1.26. The first-order valence-corrected chi connectivity index (χ1v) is 11.9. The minimum absolute atomic E-state index is 0.0670. The van der Waals surface area contributed by atoms with Gasteiger partial charge in [0.1, 0.15) is 5.75 Å². The maximum Gasteiger partial charge on any atom is 0.261 e. The average Bonchev–Trinajstić information content (AvgIpc) is 2.90. The van der Waals surface area contributed by atoms with Crippen molar-refractivity contribution in [2.45, 2.75) is 18.9 Å². The number of hydrogen-bond donors (Lipinski definition) is 0. The Hall–Kier alpha value is -3.64. The Morgan fingerprint density at radius 3 is 2.47 bits per heavy atom. The molecule has 0 atom stereocenters. The van der Waals surface area contributed by atoms with E-state index in [2.05, 4.69) is 51.2 Å². The van der Waals surface area contributed by atoms with Crippen LogP contribution in [0.25, 0.3) is 10.9 Å². The van der Waals surface area contributed by atoms with Crippen molar-refractivity contribution in [2.24, 2.45) is 0 Å². The van der Waals surface area contributed by atoms with E-state index in [-0.39, 0.29) is 11.6 Å². The van der Waals surface area contributed by atoms with Crippen LogP contribution in [-0.2, 0) is 0 Å². The molecule has 6 nitrogen and oxygen atoms in total. The highest BCUT2D eigenvalue weighted by atomic mass is 16.5. The lowest BCUT2D eigenvalue weighted by Crippen LogP contribution is -2.40. The van der Waals surface area contributed by atoms with Gasteiger partial charge in [0, 0.05) is 49.7 Å². The van der Waals surface area contributed by atoms with E-state index >= 15 is 0 Å². The van der Waals surface area contributed by atoms with E-state index in [1.807, 2.05) is 47.0 Å². The number of piperidine rings is 1. The highest BCUT2D eigenvalue weighted by molar-refractivity contribution is 5.76. The summed E-state index contributed by atoms with van der Waals surface area (Å²) in [5.41, 5.74) is 3.12. The van der Waals surface area contributed by atoms with Gasteiger partial charge in [-0.2, -0.15) is 0 Å². The number of nitrogens with zero attached hydrogens (tertiary/aromatic N) is 4. The molecule has 1 fully saturated rings. The van der Waals surface area contributed by atoms with Gasteiger partial charge in [-0.3, -0.25) is 9.36 Å². The third kappa shape index (κ3) is 4.68. The number of para-hydroxylation sites is 2. The van der Waals surface area contributed by atoms with Crippen molar-refractivity contribution in [1.82, 2.24) is 14.5 Å². The van der Waals surface area contributed by atoms with Crippen LogP contribution >= 0.6 is 0 Å². The molecule has 0 radical (unpaired) electrons. The molecule has 1 aromatic heterocycles. The molecule has 5 rings (SSSR count). The summed E-state index contributed by atoms with van der Waals surface area (Å²) in [6, 6.07) is 26.5. The predicted octanol–water partition coefficient (Wildman–Crippen LogP) is 4.88. The molecule has 0 aliphatic carbocycles. The molecular weight excluding hydrogens is 424 g/mol. The van der Waals surface area contributed by atoms with E-state index in [1.54, 1.807) is 13.4 Å². The van der Waals surface area contributed by atoms with E-state index in [9.17, 15) is 4.79 Å². The molecule has 1 saturated heterocycles. The van der Waals surface area contributed by atoms with Gasteiger partial charge in [0.2, 0.25) is 0 Å². The van der Waals surface area contributed by atoms with Crippen LogP contribution in [0.4, 0.5) is 11.4 Å². The van der Waals surface area contributed by atoms with Crippen molar-refractivity contribution in [3.05, 3.63) is 95.5 Å². The van der Waals surface area contributed by atoms with Crippen molar-refractivity contribution in [3.8, 4) is 5.75 Å². The highest BCUT2D eigenvalue weighted by Crippen LogP contribution is 2.29. The number of methoxy groups -OCH3 is 1. The van der Waals surface area contributed by atoms with Crippen LogP contribution in [0.2, 0.25) is 0 Å². The molecule has 0 saturated carbocycles. The van der Waals surface area contributed by atoms with E-state index in [1.165, 1.54) is 5.69 Å². The van der Waals surface area contributed by atoms with Crippen LogP contribution in [-0.4, -0.2) is 47.7 Å². The van der Waals surface area contributed by atoms with Crippen molar-refractivity contribution >= 4 is 22.3 Å². The second-order valence-electron chi connectivity index (χ2n) is 8.74. The fourth-order valence-corrected chi connectivity index (χ4v) is 4.80. The Bertz CT molecular complexity index is 1300. The quantitative estimate of drug-likeness (QED) is 0.398. The lowest BCUT2D eigenvalue weighted by atomic mass is 10.0. The van der Waals surface area contributed by atoms with Gasteiger partial charge in [-0.1, -0.05) is 36.4 Å². The Labute approximate surface area is 200 Å². The summed E-state index contributed by atoms with van der Waals surface area (Å²) < 4.78 is 7.30. The summed E-state index contributed by atoms with van der Waals surface area (Å²) in [7, 11) is 1.70. The first kappa shape index (κ1) is 22.2. The summed E-state index contributed by atoms with van der Waals surface area (Å²) in [5.74, 6) is 0.855. The molecule has 0 spiro atoms. The zero-order valence-corrected chi connectivity index (χ0v) is 19.5. The van der Waals surface area contributed by atoms with Gasteiger partial charge >= 0.3 is 0 Å². The van der Waals surface area contributed by atoms with Gasteiger partial charge in [0.15, 0.2) is 0 Å². The van der Waals surface area contributed by atoms with Crippen LogP contribution in [0.1, 0.15) is 18.9 Å². The predicted molar refractivity (Wildman–Crippen MR) is 137 cm³/mol. The van der Waals surface area contributed by atoms with Crippen molar-refractivity contribution in [2.75, 3.05) is 38.2 Å². The molecule has 4 aromatic rings.